The van der Waals surface area contributed by atoms with Crippen molar-refractivity contribution < 1.29 is 18.0 Å². The molecule has 0 radical (unpaired) electrons. The lowest BCUT2D eigenvalue weighted by Crippen LogP contribution is -2.53. The fourth-order valence-electron chi connectivity index (χ4n) is 4.59. The highest BCUT2D eigenvalue weighted by atomic mass is 32.2. The third kappa shape index (κ3) is 7.61. The molecular formula is C33H35N3O4S. The van der Waals surface area contributed by atoms with E-state index >= 15 is 0 Å². The molecule has 41 heavy (non-hydrogen) atoms. The van der Waals surface area contributed by atoms with E-state index in [4.69, 9.17) is 0 Å². The van der Waals surface area contributed by atoms with Crippen LogP contribution in [-0.2, 0) is 32.6 Å². The molecule has 4 aromatic rings. The first-order valence-electron chi connectivity index (χ1n) is 13.6. The topological polar surface area (TPSA) is 86.8 Å². The molecule has 1 atom stereocenters. The minimum absolute atomic E-state index is 0.0823. The molecule has 0 saturated heterocycles. The quantitative estimate of drug-likeness (QED) is 0.261. The van der Waals surface area contributed by atoms with E-state index in [0.29, 0.717) is 12.2 Å². The van der Waals surface area contributed by atoms with Crippen molar-refractivity contribution in [1.82, 2.24) is 10.2 Å². The summed E-state index contributed by atoms with van der Waals surface area (Å²) in [6.45, 7) is 3.77. The van der Waals surface area contributed by atoms with Crippen LogP contribution in [0.15, 0.2) is 120 Å². The average molecular weight is 570 g/mol. The highest BCUT2D eigenvalue weighted by molar-refractivity contribution is 7.92. The standard InChI is InChI=1S/C33H35N3O4S/c1-3-34-33(38)31(23-27-13-7-4-8-14-27)35(24-28-15-9-5-10-16-28)32(37)25-36(29-17-11-6-12-18-29)41(39,40)30-21-19-26(2)20-22-30/h4-22,31H,3,23-25H2,1-2H3,(H,34,38). The fourth-order valence-corrected chi connectivity index (χ4v) is 6.00. The van der Waals surface area contributed by atoms with Crippen molar-refractivity contribution in [3.63, 3.8) is 0 Å². The van der Waals surface area contributed by atoms with Crippen molar-refractivity contribution in [3.05, 3.63) is 132 Å². The number of carbonyl (C=O) groups excluding carboxylic acids is 2. The van der Waals surface area contributed by atoms with Crippen LogP contribution in [-0.4, -0.2) is 44.3 Å². The molecule has 0 aromatic heterocycles. The Morgan fingerprint density at radius 2 is 1.29 bits per heavy atom. The van der Waals surface area contributed by atoms with E-state index in [-0.39, 0.29) is 23.8 Å². The molecular weight excluding hydrogens is 534 g/mol. The Bertz CT molecular complexity index is 1530. The summed E-state index contributed by atoms with van der Waals surface area (Å²) >= 11 is 0. The Labute approximate surface area is 242 Å². The lowest BCUT2D eigenvalue weighted by molar-refractivity contribution is -0.140. The number of para-hydroxylation sites is 1. The molecule has 8 heteroatoms. The summed E-state index contributed by atoms with van der Waals surface area (Å²) in [6, 6.07) is 33.1. The van der Waals surface area contributed by atoms with Gasteiger partial charge in [-0.1, -0.05) is 96.6 Å². The number of amides is 2. The number of carbonyl (C=O) groups is 2. The molecule has 0 aliphatic carbocycles. The van der Waals surface area contributed by atoms with E-state index in [0.717, 1.165) is 21.0 Å². The van der Waals surface area contributed by atoms with Gasteiger partial charge in [-0.25, -0.2) is 8.42 Å². The van der Waals surface area contributed by atoms with Gasteiger partial charge in [-0.3, -0.25) is 13.9 Å². The summed E-state index contributed by atoms with van der Waals surface area (Å²) in [4.78, 5) is 29.3. The molecule has 2 amide bonds. The van der Waals surface area contributed by atoms with Crippen LogP contribution in [0.2, 0.25) is 0 Å². The van der Waals surface area contributed by atoms with E-state index in [2.05, 4.69) is 5.32 Å². The van der Waals surface area contributed by atoms with Crippen molar-refractivity contribution in [2.24, 2.45) is 0 Å². The zero-order valence-electron chi connectivity index (χ0n) is 23.3. The predicted molar refractivity (Wildman–Crippen MR) is 162 cm³/mol. The Balaban J connectivity index is 1.76. The van der Waals surface area contributed by atoms with Gasteiger partial charge in [0.25, 0.3) is 10.0 Å². The number of anilines is 1. The van der Waals surface area contributed by atoms with E-state index in [1.54, 1.807) is 54.6 Å². The van der Waals surface area contributed by atoms with Gasteiger partial charge in [-0.2, -0.15) is 0 Å². The smallest absolute Gasteiger partial charge is 0.264 e. The Kier molecular flexibility index (Phi) is 9.92. The van der Waals surface area contributed by atoms with Gasteiger partial charge in [-0.15, -0.1) is 0 Å². The van der Waals surface area contributed by atoms with Crippen molar-refractivity contribution in [2.45, 2.75) is 37.8 Å². The van der Waals surface area contributed by atoms with Crippen molar-refractivity contribution >= 4 is 27.5 Å². The molecule has 0 bridgehead atoms. The van der Waals surface area contributed by atoms with E-state index in [1.807, 2.05) is 74.5 Å². The molecule has 7 nitrogen and oxygen atoms in total. The monoisotopic (exact) mass is 569 g/mol. The van der Waals surface area contributed by atoms with E-state index < -0.39 is 28.5 Å². The third-order valence-electron chi connectivity index (χ3n) is 6.75. The first kappa shape index (κ1) is 29.6. The van der Waals surface area contributed by atoms with Crippen LogP contribution < -0.4 is 9.62 Å². The largest absolute Gasteiger partial charge is 0.355 e. The molecule has 0 spiro atoms. The van der Waals surface area contributed by atoms with Gasteiger partial charge in [0, 0.05) is 19.5 Å². The number of hydrogen-bond donors (Lipinski definition) is 1. The summed E-state index contributed by atoms with van der Waals surface area (Å²) in [5.74, 6) is -0.783. The Morgan fingerprint density at radius 1 is 0.756 bits per heavy atom. The van der Waals surface area contributed by atoms with Crippen molar-refractivity contribution in [2.75, 3.05) is 17.4 Å². The van der Waals surface area contributed by atoms with Crippen LogP contribution in [0.1, 0.15) is 23.6 Å². The maximum atomic E-state index is 14.2. The molecule has 0 heterocycles. The van der Waals surface area contributed by atoms with Crippen molar-refractivity contribution in [3.8, 4) is 0 Å². The van der Waals surface area contributed by atoms with Gasteiger partial charge in [0.15, 0.2) is 0 Å². The van der Waals surface area contributed by atoms with Gasteiger partial charge < -0.3 is 10.2 Å². The number of sulfonamides is 1. The Morgan fingerprint density at radius 3 is 1.85 bits per heavy atom. The van der Waals surface area contributed by atoms with Gasteiger partial charge in [0.1, 0.15) is 12.6 Å². The maximum absolute atomic E-state index is 14.2. The fraction of sp³-hybridized carbons (Fsp3) is 0.212. The number of nitrogens with one attached hydrogen (secondary N) is 1. The normalized spacial score (nSPS) is 11.9. The summed E-state index contributed by atoms with van der Waals surface area (Å²) in [7, 11) is -4.10. The van der Waals surface area contributed by atoms with Crippen LogP contribution in [0.25, 0.3) is 0 Å². The number of benzene rings is 4. The van der Waals surface area contributed by atoms with Gasteiger partial charge in [0.05, 0.1) is 10.6 Å². The van der Waals surface area contributed by atoms with Gasteiger partial charge in [0.2, 0.25) is 11.8 Å². The summed E-state index contributed by atoms with van der Waals surface area (Å²) < 4.78 is 29.0. The van der Waals surface area contributed by atoms with Crippen LogP contribution in [0.3, 0.4) is 0 Å². The molecule has 0 aliphatic rings. The molecule has 1 unspecified atom stereocenters. The number of rotatable bonds is 12. The molecule has 0 saturated carbocycles. The highest BCUT2D eigenvalue weighted by Gasteiger charge is 2.34. The van der Waals surface area contributed by atoms with Crippen molar-refractivity contribution in [1.29, 1.82) is 0 Å². The summed E-state index contributed by atoms with van der Waals surface area (Å²) in [6.07, 6.45) is 0.279. The number of hydrogen-bond acceptors (Lipinski definition) is 4. The molecule has 1 N–H and O–H groups in total. The maximum Gasteiger partial charge on any atom is 0.264 e. The molecule has 212 valence electrons. The lowest BCUT2D eigenvalue weighted by atomic mass is 10.0. The van der Waals surface area contributed by atoms with Gasteiger partial charge in [-0.05, 0) is 49.2 Å². The van der Waals surface area contributed by atoms with Crippen LogP contribution in [0, 0.1) is 6.92 Å². The summed E-state index contributed by atoms with van der Waals surface area (Å²) in [5.41, 5.74) is 3.00. The first-order chi connectivity index (χ1) is 19.8. The molecule has 4 aromatic carbocycles. The predicted octanol–water partition coefficient (Wildman–Crippen LogP) is 4.97. The Hall–Kier alpha value is -4.43. The number of likely N-dealkylation sites (N-methyl/N-ethyl adjacent to an activating group) is 1. The molecule has 0 fully saturated rings. The minimum atomic E-state index is -4.10. The second-order valence-corrected chi connectivity index (χ2v) is 11.6. The van der Waals surface area contributed by atoms with Crippen LogP contribution >= 0.6 is 0 Å². The number of aryl methyl sites for hydroxylation is 1. The van der Waals surface area contributed by atoms with Gasteiger partial charge >= 0.3 is 0 Å². The second-order valence-electron chi connectivity index (χ2n) is 9.77. The zero-order chi connectivity index (χ0) is 29.2. The zero-order valence-corrected chi connectivity index (χ0v) is 24.1. The number of nitrogens with zero attached hydrogens (tertiary/aromatic N) is 2. The highest BCUT2D eigenvalue weighted by Crippen LogP contribution is 2.25. The lowest BCUT2D eigenvalue weighted by Gasteiger charge is -2.33. The van der Waals surface area contributed by atoms with E-state index in [1.165, 1.54) is 4.90 Å². The van der Waals surface area contributed by atoms with E-state index in [9.17, 15) is 18.0 Å². The third-order valence-corrected chi connectivity index (χ3v) is 8.54. The van der Waals surface area contributed by atoms with Crippen LogP contribution in [0.4, 0.5) is 5.69 Å². The second kappa shape index (κ2) is 13.8. The first-order valence-corrected chi connectivity index (χ1v) is 15.0. The minimum Gasteiger partial charge on any atom is -0.355 e. The SMILES string of the molecule is CCNC(=O)C(Cc1ccccc1)N(Cc1ccccc1)C(=O)CN(c1ccccc1)S(=O)(=O)c1ccc(C)cc1. The summed E-state index contributed by atoms with van der Waals surface area (Å²) in [5, 5.41) is 2.87. The van der Waals surface area contributed by atoms with Crippen LogP contribution in [0.5, 0.6) is 0 Å². The molecule has 0 aliphatic heterocycles. The average Bonchev–Trinajstić information content (AvgIpc) is 2.99. The molecule has 4 rings (SSSR count).